The molecule has 5 heteroatoms. The van der Waals surface area contributed by atoms with Crippen molar-refractivity contribution in [1.29, 1.82) is 0 Å². The number of carbonyl (C=O) groups is 1. The summed E-state index contributed by atoms with van der Waals surface area (Å²) in [6.07, 6.45) is 0. The number of hydrogen-bond donors (Lipinski definition) is 1. The molecule has 0 aliphatic carbocycles. The lowest BCUT2D eigenvalue weighted by Gasteiger charge is -2.12. The van der Waals surface area contributed by atoms with E-state index in [-0.39, 0.29) is 5.91 Å². The molecule has 25 heavy (non-hydrogen) atoms. The van der Waals surface area contributed by atoms with Gasteiger partial charge in [0.1, 0.15) is 5.75 Å². The van der Waals surface area contributed by atoms with Crippen LogP contribution in [-0.4, -0.2) is 17.5 Å². The first-order valence-corrected chi connectivity index (χ1v) is 8.89. The summed E-state index contributed by atoms with van der Waals surface area (Å²) < 4.78 is 6.73. The van der Waals surface area contributed by atoms with Crippen molar-refractivity contribution in [2.75, 3.05) is 11.9 Å². The molecule has 1 amide bonds. The maximum absolute atomic E-state index is 13.0. The Kier molecular flexibility index (Phi) is 4.07. The Morgan fingerprint density at radius 1 is 1.08 bits per heavy atom. The summed E-state index contributed by atoms with van der Waals surface area (Å²) in [5.41, 5.74) is 1.42. The molecule has 4 rings (SSSR count). The zero-order valence-corrected chi connectivity index (χ0v) is 14.5. The van der Waals surface area contributed by atoms with Gasteiger partial charge in [-0.1, -0.05) is 53.8 Å². The van der Waals surface area contributed by atoms with E-state index in [0.717, 1.165) is 21.0 Å². The van der Waals surface area contributed by atoms with Gasteiger partial charge in [0.15, 0.2) is 5.13 Å². The second-order valence-electron chi connectivity index (χ2n) is 5.53. The van der Waals surface area contributed by atoms with E-state index in [2.05, 4.69) is 10.3 Å². The van der Waals surface area contributed by atoms with Crippen LogP contribution in [0.3, 0.4) is 0 Å². The second kappa shape index (κ2) is 6.53. The van der Waals surface area contributed by atoms with E-state index < -0.39 is 0 Å². The number of thiazole rings is 1. The van der Waals surface area contributed by atoms with Crippen LogP contribution in [0.25, 0.3) is 21.0 Å². The first-order valence-electron chi connectivity index (χ1n) is 8.07. The highest BCUT2D eigenvalue weighted by molar-refractivity contribution is 7.22. The van der Waals surface area contributed by atoms with Crippen LogP contribution in [0.4, 0.5) is 5.13 Å². The SMILES string of the molecule is CCOc1ccc2ccccc2c1C(=O)Nc1nc2ccccc2s1. The van der Waals surface area contributed by atoms with Gasteiger partial charge in [-0.15, -0.1) is 0 Å². The number of amides is 1. The van der Waals surface area contributed by atoms with Crippen molar-refractivity contribution < 1.29 is 9.53 Å². The highest BCUT2D eigenvalue weighted by atomic mass is 32.1. The molecule has 0 unspecified atom stereocenters. The van der Waals surface area contributed by atoms with Crippen LogP contribution in [0.2, 0.25) is 0 Å². The minimum Gasteiger partial charge on any atom is -0.493 e. The van der Waals surface area contributed by atoms with Crippen molar-refractivity contribution in [3.63, 3.8) is 0 Å². The van der Waals surface area contributed by atoms with Gasteiger partial charge in [0.05, 0.1) is 22.4 Å². The van der Waals surface area contributed by atoms with Gasteiger partial charge in [0, 0.05) is 0 Å². The molecule has 1 heterocycles. The van der Waals surface area contributed by atoms with Crippen LogP contribution in [0.15, 0.2) is 60.7 Å². The Bertz CT molecular complexity index is 1040. The number of carbonyl (C=O) groups excluding carboxylic acids is 1. The highest BCUT2D eigenvalue weighted by Gasteiger charge is 2.18. The molecule has 0 aliphatic rings. The lowest BCUT2D eigenvalue weighted by atomic mass is 10.0. The Labute approximate surface area is 149 Å². The lowest BCUT2D eigenvalue weighted by Crippen LogP contribution is -2.14. The van der Waals surface area contributed by atoms with Crippen molar-refractivity contribution in [1.82, 2.24) is 4.98 Å². The molecule has 0 bridgehead atoms. The lowest BCUT2D eigenvalue weighted by molar-refractivity contribution is 0.102. The van der Waals surface area contributed by atoms with Gasteiger partial charge in [-0.05, 0) is 35.9 Å². The molecular weight excluding hydrogens is 332 g/mol. The number of fused-ring (bicyclic) bond motifs is 2. The summed E-state index contributed by atoms with van der Waals surface area (Å²) in [5.74, 6) is 0.374. The predicted molar refractivity (Wildman–Crippen MR) is 103 cm³/mol. The molecule has 4 aromatic rings. The van der Waals surface area contributed by atoms with Crippen LogP contribution in [0.1, 0.15) is 17.3 Å². The second-order valence-corrected chi connectivity index (χ2v) is 6.56. The number of aromatic nitrogens is 1. The number of nitrogens with zero attached hydrogens (tertiary/aromatic N) is 1. The number of benzene rings is 3. The van der Waals surface area contributed by atoms with Crippen molar-refractivity contribution in [2.24, 2.45) is 0 Å². The van der Waals surface area contributed by atoms with Gasteiger partial charge in [0.2, 0.25) is 0 Å². The summed E-state index contributed by atoms with van der Waals surface area (Å²) in [7, 11) is 0. The summed E-state index contributed by atoms with van der Waals surface area (Å²) in [5, 5.41) is 5.38. The minimum atomic E-state index is -0.209. The van der Waals surface area contributed by atoms with E-state index in [4.69, 9.17) is 4.74 Å². The Morgan fingerprint density at radius 3 is 2.72 bits per heavy atom. The number of anilines is 1. The maximum atomic E-state index is 13.0. The summed E-state index contributed by atoms with van der Waals surface area (Å²) in [6.45, 7) is 2.41. The minimum absolute atomic E-state index is 0.209. The molecule has 0 fully saturated rings. The predicted octanol–water partition coefficient (Wildman–Crippen LogP) is 5.10. The zero-order chi connectivity index (χ0) is 17.2. The first kappa shape index (κ1) is 15.6. The van der Waals surface area contributed by atoms with Crippen molar-refractivity contribution in [3.8, 4) is 5.75 Å². The molecule has 0 atom stereocenters. The van der Waals surface area contributed by atoms with Crippen molar-refractivity contribution in [3.05, 3.63) is 66.2 Å². The molecule has 0 saturated heterocycles. The Hall–Kier alpha value is -2.92. The summed E-state index contributed by atoms with van der Waals surface area (Å²) in [4.78, 5) is 17.5. The van der Waals surface area contributed by atoms with Gasteiger partial charge in [0.25, 0.3) is 5.91 Å². The van der Waals surface area contributed by atoms with Crippen LogP contribution >= 0.6 is 11.3 Å². The van der Waals surface area contributed by atoms with Crippen LogP contribution in [-0.2, 0) is 0 Å². The molecule has 0 radical (unpaired) electrons. The third-order valence-electron chi connectivity index (χ3n) is 3.93. The van der Waals surface area contributed by atoms with Crippen LogP contribution in [0, 0.1) is 0 Å². The highest BCUT2D eigenvalue weighted by Crippen LogP contribution is 2.31. The molecule has 4 nitrogen and oxygen atoms in total. The molecule has 0 saturated carbocycles. The molecule has 1 N–H and O–H groups in total. The topological polar surface area (TPSA) is 51.2 Å². The molecule has 1 aromatic heterocycles. The van der Waals surface area contributed by atoms with Gasteiger partial charge < -0.3 is 4.74 Å². The normalized spacial score (nSPS) is 10.9. The van der Waals surface area contributed by atoms with Gasteiger partial charge in [-0.2, -0.15) is 0 Å². The number of nitrogens with one attached hydrogen (secondary N) is 1. The van der Waals surface area contributed by atoms with Crippen molar-refractivity contribution in [2.45, 2.75) is 6.92 Å². The number of rotatable bonds is 4. The van der Waals surface area contributed by atoms with E-state index in [0.29, 0.717) is 23.1 Å². The maximum Gasteiger partial charge on any atom is 0.261 e. The van der Waals surface area contributed by atoms with Gasteiger partial charge in [-0.3, -0.25) is 10.1 Å². The Morgan fingerprint density at radius 2 is 1.88 bits per heavy atom. The Balaban J connectivity index is 1.76. The first-order chi connectivity index (χ1) is 12.3. The number of hydrogen-bond acceptors (Lipinski definition) is 4. The molecule has 3 aromatic carbocycles. The van der Waals surface area contributed by atoms with E-state index in [1.165, 1.54) is 11.3 Å². The smallest absolute Gasteiger partial charge is 0.261 e. The molecular formula is C20H16N2O2S. The van der Waals surface area contributed by atoms with Crippen LogP contribution in [0.5, 0.6) is 5.75 Å². The van der Waals surface area contributed by atoms with E-state index in [1.54, 1.807) is 0 Å². The van der Waals surface area contributed by atoms with Crippen LogP contribution < -0.4 is 10.1 Å². The van der Waals surface area contributed by atoms with E-state index in [9.17, 15) is 4.79 Å². The fourth-order valence-electron chi connectivity index (χ4n) is 2.85. The third kappa shape index (κ3) is 2.94. The standard InChI is InChI=1S/C20H16N2O2S/c1-2-24-16-12-11-13-7-3-4-8-14(13)18(16)19(23)22-20-21-15-9-5-6-10-17(15)25-20/h3-12H,2H2,1H3,(H,21,22,23). The third-order valence-corrected chi connectivity index (χ3v) is 4.88. The monoisotopic (exact) mass is 348 g/mol. The summed E-state index contributed by atoms with van der Waals surface area (Å²) >= 11 is 1.46. The largest absolute Gasteiger partial charge is 0.493 e. The van der Waals surface area contributed by atoms with E-state index >= 15 is 0 Å². The summed E-state index contributed by atoms with van der Waals surface area (Å²) in [6, 6.07) is 19.4. The fourth-order valence-corrected chi connectivity index (χ4v) is 3.71. The fraction of sp³-hybridized carbons (Fsp3) is 0.100. The number of para-hydroxylation sites is 1. The molecule has 0 spiro atoms. The zero-order valence-electron chi connectivity index (χ0n) is 13.7. The quantitative estimate of drug-likeness (QED) is 0.558. The average molecular weight is 348 g/mol. The van der Waals surface area contributed by atoms with Crippen molar-refractivity contribution >= 4 is 43.4 Å². The van der Waals surface area contributed by atoms with Gasteiger partial charge in [-0.25, -0.2) is 4.98 Å². The average Bonchev–Trinajstić information content (AvgIpc) is 3.03. The van der Waals surface area contributed by atoms with E-state index in [1.807, 2.05) is 67.6 Å². The molecule has 0 aliphatic heterocycles. The van der Waals surface area contributed by atoms with Gasteiger partial charge >= 0.3 is 0 Å². The molecule has 124 valence electrons. The number of ether oxygens (including phenoxy) is 1.